The van der Waals surface area contributed by atoms with E-state index in [4.69, 9.17) is 5.73 Å². The molecule has 104 valence electrons. The Morgan fingerprint density at radius 3 is 2.84 bits per heavy atom. The second kappa shape index (κ2) is 6.06. The summed E-state index contributed by atoms with van der Waals surface area (Å²) < 4.78 is 0. The van der Waals surface area contributed by atoms with Crippen LogP contribution in [-0.4, -0.2) is 36.0 Å². The van der Waals surface area contributed by atoms with Gasteiger partial charge in [-0.2, -0.15) is 0 Å². The SMILES string of the molecule is CC(C)N1CCC(Nc2ccccc2CC(N)=O)C1. The van der Waals surface area contributed by atoms with Crippen LogP contribution in [0.4, 0.5) is 5.69 Å². The van der Waals surface area contributed by atoms with Crippen molar-refractivity contribution in [3.8, 4) is 0 Å². The van der Waals surface area contributed by atoms with Gasteiger partial charge in [-0.05, 0) is 31.9 Å². The van der Waals surface area contributed by atoms with Gasteiger partial charge in [-0.15, -0.1) is 0 Å². The molecule has 1 aromatic rings. The Balaban J connectivity index is 2.01. The molecule has 0 aliphatic carbocycles. The Labute approximate surface area is 115 Å². The number of para-hydroxylation sites is 1. The van der Waals surface area contributed by atoms with E-state index in [9.17, 15) is 4.79 Å². The fourth-order valence-corrected chi connectivity index (χ4v) is 2.60. The highest BCUT2D eigenvalue weighted by atomic mass is 16.1. The van der Waals surface area contributed by atoms with Gasteiger partial charge in [-0.25, -0.2) is 0 Å². The molecule has 0 spiro atoms. The number of hydrogen-bond donors (Lipinski definition) is 2. The molecule has 1 aliphatic heterocycles. The standard InChI is InChI=1S/C15H23N3O/c1-11(2)18-8-7-13(10-18)17-14-6-4-3-5-12(14)9-15(16)19/h3-6,11,13,17H,7-10H2,1-2H3,(H2,16,19). The quantitative estimate of drug-likeness (QED) is 0.846. The molecule has 1 aliphatic rings. The average Bonchev–Trinajstić information content (AvgIpc) is 2.80. The molecule has 1 aromatic carbocycles. The molecule has 0 radical (unpaired) electrons. The van der Waals surface area contributed by atoms with Crippen LogP contribution in [0, 0.1) is 0 Å². The smallest absolute Gasteiger partial charge is 0.221 e. The summed E-state index contributed by atoms with van der Waals surface area (Å²) in [5.41, 5.74) is 7.31. The van der Waals surface area contributed by atoms with E-state index in [0.717, 1.165) is 30.8 Å². The molecule has 1 atom stereocenters. The van der Waals surface area contributed by atoms with Gasteiger partial charge < -0.3 is 11.1 Å². The summed E-state index contributed by atoms with van der Waals surface area (Å²) in [4.78, 5) is 13.6. The van der Waals surface area contributed by atoms with Crippen LogP contribution in [0.25, 0.3) is 0 Å². The molecule has 1 heterocycles. The second-order valence-corrected chi connectivity index (χ2v) is 5.52. The Kier molecular flexibility index (Phi) is 4.43. The predicted octanol–water partition coefficient (Wildman–Crippen LogP) is 1.61. The number of carbonyl (C=O) groups is 1. The first-order chi connectivity index (χ1) is 9.06. The van der Waals surface area contributed by atoms with E-state index in [-0.39, 0.29) is 5.91 Å². The third-order valence-corrected chi connectivity index (χ3v) is 3.69. The summed E-state index contributed by atoms with van der Waals surface area (Å²) in [5.74, 6) is -0.288. The van der Waals surface area contributed by atoms with E-state index < -0.39 is 0 Å². The number of benzene rings is 1. The molecular formula is C15H23N3O. The number of carbonyl (C=O) groups excluding carboxylic acids is 1. The summed E-state index contributed by atoms with van der Waals surface area (Å²) in [7, 11) is 0. The van der Waals surface area contributed by atoms with Crippen molar-refractivity contribution in [3.05, 3.63) is 29.8 Å². The molecule has 19 heavy (non-hydrogen) atoms. The molecule has 0 bridgehead atoms. The third kappa shape index (κ3) is 3.70. The van der Waals surface area contributed by atoms with Crippen LogP contribution in [0.2, 0.25) is 0 Å². The van der Waals surface area contributed by atoms with E-state index in [2.05, 4.69) is 24.1 Å². The van der Waals surface area contributed by atoms with Crippen molar-refractivity contribution in [1.29, 1.82) is 0 Å². The first kappa shape index (κ1) is 13.9. The fraction of sp³-hybridized carbons (Fsp3) is 0.533. The van der Waals surface area contributed by atoms with E-state index in [1.165, 1.54) is 0 Å². The van der Waals surface area contributed by atoms with Crippen LogP contribution < -0.4 is 11.1 Å². The fourth-order valence-electron chi connectivity index (χ4n) is 2.60. The van der Waals surface area contributed by atoms with Crippen LogP contribution >= 0.6 is 0 Å². The molecule has 0 aromatic heterocycles. The maximum Gasteiger partial charge on any atom is 0.221 e. The molecular weight excluding hydrogens is 238 g/mol. The minimum atomic E-state index is -0.288. The number of amides is 1. The molecule has 0 saturated carbocycles. The van der Waals surface area contributed by atoms with Gasteiger partial charge in [0, 0.05) is 30.9 Å². The van der Waals surface area contributed by atoms with Crippen molar-refractivity contribution < 1.29 is 4.79 Å². The van der Waals surface area contributed by atoms with E-state index in [0.29, 0.717) is 18.5 Å². The van der Waals surface area contributed by atoms with Crippen LogP contribution in [0.3, 0.4) is 0 Å². The number of nitrogens with one attached hydrogen (secondary N) is 1. The highest BCUT2D eigenvalue weighted by Crippen LogP contribution is 2.21. The van der Waals surface area contributed by atoms with Crippen LogP contribution in [0.1, 0.15) is 25.8 Å². The largest absolute Gasteiger partial charge is 0.381 e. The van der Waals surface area contributed by atoms with Gasteiger partial charge in [0.25, 0.3) is 0 Å². The number of anilines is 1. The van der Waals surface area contributed by atoms with Gasteiger partial charge in [0.15, 0.2) is 0 Å². The number of nitrogens with zero attached hydrogens (tertiary/aromatic N) is 1. The van der Waals surface area contributed by atoms with Gasteiger partial charge >= 0.3 is 0 Å². The molecule has 3 N–H and O–H groups in total. The van der Waals surface area contributed by atoms with Crippen LogP contribution in [0.15, 0.2) is 24.3 Å². The lowest BCUT2D eigenvalue weighted by molar-refractivity contribution is -0.117. The maximum atomic E-state index is 11.1. The summed E-state index contributed by atoms with van der Waals surface area (Å²) in [6, 6.07) is 8.96. The molecule has 1 fully saturated rings. The molecule has 4 nitrogen and oxygen atoms in total. The Hall–Kier alpha value is -1.55. The van der Waals surface area contributed by atoms with Gasteiger partial charge in [-0.3, -0.25) is 9.69 Å². The van der Waals surface area contributed by atoms with Crippen molar-refractivity contribution in [2.45, 2.75) is 38.8 Å². The van der Waals surface area contributed by atoms with Gasteiger partial charge in [0.2, 0.25) is 5.91 Å². The second-order valence-electron chi connectivity index (χ2n) is 5.52. The number of nitrogens with two attached hydrogens (primary N) is 1. The highest BCUT2D eigenvalue weighted by Gasteiger charge is 2.24. The van der Waals surface area contributed by atoms with Gasteiger partial charge in [-0.1, -0.05) is 18.2 Å². The summed E-state index contributed by atoms with van der Waals surface area (Å²) in [6.45, 7) is 6.64. The van der Waals surface area contributed by atoms with Gasteiger partial charge in [0.1, 0.15) is 0 Å². The lowest BCUT2D eigenvalue weighted by Gasteiger charge is -2.21. The zero-order chi connectivity index (χ0) is 13.8. The third-order valence-electron chi connectivity index (χ3n) is 3.69. The number of likely N-dealkylation sites (tertiary alicyclic amines) is 1. The Bertz CT molecular complexity index is 445. The van der Waals surface area contributed by atoms with Crippen molar-refractivity contribution in [3.63, 3.8) is 0 Å². The minimum Gasteiger partial charge on any atom is -0.381 e. The minimum absolute atomic E-state index is 0.288. The summed E-state index contributed by atoms with van der Waals surface area (Å²) in [6.07, 6.45) is 1.44. The number of rotatable bonds is 5. The van der Waals surface area contributed by atoms with Crippen LogP contribution in [-0.2, 0) is 11.2 Å². The first-order valence-corrected chi connectivity index (χ1v) is 6.93. The van der Waals surface area contributed by atoms with Crippen LogP contribution in [0.5, 0.6) is 0 Å². The molecule has 1 unspecified atom stereocenters. The lowest BCUT2D eigenvalue weighted by atomic mass is 10.1. The van der Waals surface area contributed by atoms with Crippen molar-refractivity contribution in [2.75, 3.05) is 18.4 Å². The van der Waals surface area contributed by atoms with Crippen molar-refractivity contribution >= 4 is 11.6 Å². The topological polar surface area (TPSA) is 58.4 Å². The molecule has 1 saturated heterocycles. The first-order valence-electron chi connectivity index (χ1n) is 6.93. The molecule has 2 rings (SSSR count). The molecule has 4 heteroatoms. The van der Waals surface area contributed by atoms with Crippen molar-refractivity contribution in [1.82, 2.24) is 4.90 Å². The zero-order valence-corrected chi connectivity index (χ0v) is 11.7. The summed E-state index contributed by atoms with van der Waals surface area (Å²) in [5, 5.41) is 3.55. The lowest BCUT2D eigenvalue weighted by Crippen LogP contribution is -2.31. The van der Waals surface area contributed by atoms with Crippen molar-refractivity contribution in [2.24, 2.45) is 5.73 Å². The van der Waals surface area contributed by atoms with Gasteiger partial charge in [0.05, 0.1) is 6.42 Å². The number of hydrogen-bond acceptors (Lipinski definition) is 3. The van der Waals surface area contributed by atoms with E-state index in [1.54, 1.807) is 0 Å². The Morgan fingerprint density at radius 1 is 1.47 bits per heavy atom. The maximum absolute atomic E-state index is 11.1. The zero-order valence-electron chi connectivity index (χ0n) is 11.7. The average molecular weight is 261 g/mol. The number of primary amides is 1. The Morgan fingerprint density at radius 2 is 2.21 bits per heavy atom. The van der Waals surface area contributed by atoms with E-state index >= 15 is 0 Å². The predicted molar refractivity (Wildman–Crippen MR) is 78.1 cm³/mol. The van der Waals surface area contributed by atoms with E-state index in [1.807, 2.05) is 24.3 Å². The highest BCUT2D eigenvalue weighted by molar-refractivity contribution is 5.78. The molecule has 1 amide bonds. The normalized spacial score (nSPS) is 19.8. The monoisotopic (exact) mass is 261 g/mol. The summed E-state index contributed by atoms with van der Waals surface area (Å²) >= 11 is 0.